The topological polar surface area (TPSA) is 42.7 Å². The fraction of sp³-hybridized carbons (Fsp3) is 0.333. The van der Waals surface area contributed by atoms with E-state index >= 15 is 0 Å². The van der Waals surface area contributed by atoms with Gasteiger partial charge in [-0.15, -0.1) is 5.10 Å². The predicted molar refractivity (Wildman–Crippen MR) is 75.7 cm³/mol. The lowest BCUT2D eigenvalue weighted by Crippen LogP contribution is -2.24. The fourth-order valence-electron chi connectivity index (χ4n) is 1.87. The second kappa shape index (κ2) is 5.82. The minimum atomic E-state index is 0.0432. The van der Waals surface area contributed by atoms with Crippen molar-refractivity contribution < 1.29 is 0 Å². The van der Waals surface area contributed by atoms with Crippen LogP contribution in [0.5, 0.6) is 0 Å². The summed E-state index contributed by atoms with van der Waals surface area (Å²) in [6, 6.07) is 5.83. The van der Waals surface area contributed by atoms with Crippen LogP contribution in [0.4, 0.5) is 0 Å². The van der Waals surface area contributed by atoms with Crippen molar-refractivity contribution in [2.75, 3.05) is 6.54 Å². The molecule has 6 heteroatoms. The Morgan fingerprint density at radius 2 is 2.28 bits per heavy atom. The quantitative estimate of drug-likeness (QED) is 0.938. The molecule has 1 heterocycles. The van der Waals surface area contributed by atoms with Gasteiger partial charge in [0.05, 0.1) is 17.9 Å². The van der Waals surface area contributed by atoms with Gasteiger partial charge in [0.2, 0.25) is 0 Å². The van der Waals surface area contributed by atoms with Gasteiger partial charge in [-0.25, -0.2) is 0 Å². The number of hydrogen-bond donors (Lipinski definition) is 1. The number of aromatic nitrogens is 3. The van der Waals surface area contributed by atoms with E-state index in [0.29, 0.717) is 5.02 Å². The van der Waals surface area contributed by atoms with Gasteiger partial charge in [0.1, 0.15) is 0 Å². The largest absolute Gasteiger partial charge is 0.305 e. The van der Waals surface area contributed by atoms with E-state index in [4.69, 9.17) is 11.6 Å². The predicted octanol–water partition coefficient (Wildman–Crippen LogP) is 2.93. The molecule has 0 aliphatic heterocycles. The van der Waals surface area contributed by atoms with Crippen LogP contribution in [-0.2, 0) is 7.05 Å². The zero-order chi connectivity index (χ0) is 13.1. The summed E-state index contributed by atoms with van der Waals surface area (Å²) in [5.41, 5.74) is 2.13. The van der Waals surface area contributed by atoms with E-state index in [0.717, 1.165) is 22.3 Å². The Morgan fingerprint density at radius 1 is 1.50 bits per heavy atom. The zero-order valence-corrected chi connectivity index (χ0v) is 12.5. The number of aryl methyl sites for hydroxylation is 1. The van der Waals surface area contributed by atoms with Gasteiger partial charge in [-0.1, -0.05) is 45.7 Å². The van der Waals surface area contributed by atoms with Crippen molar-refractivity contribution >= 4 is 27.5 Å². The van der Waals surface area contributed by atoms with Gasteiger partial charge < -0.3 is 5.32 Å². The molecule has 4 nitrogen and oxygen atoms in total. The standard InChI is InChI=1S/C12H14BrClN4/c1-3-15-12(11-7-16-17-18(11)2)9-5-4-8(14)6-10(9)13/h4-7,12,15H,3H2,1-2H3. The highest BCUT2D eigenvalue weighted by atomic mass is 79.9. The van der Waals surface area contributed by atoms with Crippen LogP contribution >= 0.6 is 27.5 Å². The second-order valence-electron chi connectivity index (χ2n) is 3.94. The Labute approximate surface area is 119 Å². The summed E-state index contributed by atoms with van der Waals surface area (Å²) in [4.78, 5) is 0. The molecule has 0 saturated heterocycles. The van der Waals surface area contributed by atoms with Crippen LogP contribution in [0.25, 0.3) is 0 Å². The number of halogens is 2. The van der Waals surface area contributed by atoms with Crippen molar-refractivity contribution in [2.24, 2.45) is 7.05 Å². The van der Waals surface area contributed by atoms with Gasteiger partial charge >= 0.3 is 0 Å². The monoisotopic (exact) mass is 328 g/mol. The summed E-state index contributed by atoms with van der Waals surface area (Å²) in [6.07, 6.45) is 1.77. The molecule has 0 bridgehead atoms. The summed E-state index contributed by atoms with van der Waals surface area (Å²) in [7, 11) is 1.89. The average molecular weight is 330 g/mol. The third kappa shape index (κ3) is 2.74. The maximum atomic E-state index is 5.97. The second-order valence-corrected chi connectivity index (χ2v) is 5.23. The highest BCUT2D eigenvalue weighted by molar-refractivity contribution is 9.10. The Hall–Kier alpha value is -0.910. The molecule has 0 spiro atoms. The molecule has 18 heavy (non-hydrogen) atoms. The summed E-state index contributed by atoms with van der Waals surface area (Å²) in [5.74, 6) is 0. The van der Waals surface area contributed by atoms with Crippen LogP contribution in [0.3, 0.4) is 0 Å². The van der Waals surface area contributed by atoms with Crippen LogP contribution in [-0.4, -0.2) is 21.5 Å². The van der Waals surface area contributed by atoms with E-state index in [2.05, 4.69) is 38.5 Å². The van der Waals surface area contributed by atoms with E-state index in [1.165, 1.54) is 0 Å². The summed E-state index contributed by atoms with van der Waals surface area (Å²) in [5, 5.41) is 12.0. The summed E-state index contributed by atoms with van der Waals surface area (Å²) in [6.45, 7) is 2.92. The molecule has 0 aliphatic rings. The van der Waals surface area contributed by atoms with E-state index in [-0.39, 0.29) is 6.04 Å². The molecule has 0 fully saturated rings. The van der Waals surface area contributed by atoms with Gasteiger partial charge in [0.25, 0.3) is 0 Å². The first kappa shape index (κ1) is 13.5. The first-order valence-electron chi connectivity index (χ1n) is 5.66. The molecule has 0 radical (unpaired) electrons. The SMILES string of the molecule is CCNC(c1ccc(Cl)cc1Br)c1cnnn1C. The lowest BCUT2D eigenvalue weighted by molar-refractivity contribution is 0.567. The molecule has 0 aliphatic carbocycles. The smallest absolute Gasteiger partial charge is 0.0799 e. The molecule has 1 atom stereocenters. The number of rotatable bonds is 4. The first-order valence-corrected chi connectivity index (χ1v) is 6.83. The molecular formula is C12H14BrClN4. The molecule has 0 amide bonds. The van der Waals surface area contributed by atoms with Gasteiger partial charge in [-0.05, 0) is 24.2 Å². The number of nitrogens with zero attached hydrogens (tertiary/aromatic N) is 3. The van der Waals surface area contributed by atoms with Gasteiger partial charge in [-0.3, -0.25) is 4.68 Å². The molecule has 2 rings (SSSR count). The number of hydrogen-bond acceptors (Lipinski definition) is 3. The van der Waals surface area contributed by atoms with Crippen molar-refractivity contribution in [1.29, 1.82) is 0 Å². The molecule has 0 saturated carbocycles. The van der Waals surface area contributed by atoms with Crippen LogP contribution in [0.2, 0.25) is 5.02 Å². The fourth-order valence-corrected chi connectivity index (χ4v) is 2.78. The van der Waals surface area contributed by atoms with E-state index in [9.17, 15) is 0 Å². The van der Waals surface area contributed by atoms with Crippen LogP contribution in [0, 0.1) is 0 Å². The van der Waals surface area contributed by atoms with Crippen molar-refractivity contribution in [3.63, 3.8) is 0 Å². The molecular weight excluding hydrogens is 316 g/mol. The molecule has 1 unspecified atom stereocenters. The molecule has 1 aromatic carbocycles. The number of benzene rings is 1. The third-order valence-electron chi connectivity index (χ3n) is 2.73. The first-order chi connectivity index (χ1) is 8.63. The van der Waals surface area contributed by atoms with E-state index in [1.54, 1.807) is 10.9 Å². The Kier molecular flexibility index (Phi) is 4.37. The van der Waals surface area contributed by atoms with Crippen LogP contribution < -0.4 is 5.32 Å². The Bertz CT molecular complexity index is 541. The van der Waals surface area contributed by atoms with Crippen LogP contribution in [0.1, 0.15) is 24.2 Å². The third-order valence-corrected chi connectivity index (χ3v) is 3.65. The summed E-state index contributed by atoms with van der Waals surface area (Å²) >= 11 is 9.53. The lowest BCUT2D eigenvalue weighted by Gasteiger charge is -2.19. The molecule has 1 N–H and O–H groups in total. The maximum Gasteiger partial charge on any atom is 0.0799 e. The van der Waals surface area contributed by atoms with Crippen molar-refractivity contribution in [1.82, 2.24) is 20.3 Å². The molecule has 1 aromatic heterocycles. The molecule has 96 valence electrons. The van der Waals surface area contributed by atoms with E-state index in [1.807, 2.05) is 25.2 Å². The van der Waals surface area contributed by atoms with Crippen molar-refractivity contribution in [3.8, 4) is 0 Å². The van der Waals surface area contributed by atoms with Gasteiger partial charge in [0, 0.05) is 16.5 Å². The van der Waals surface area contributed by atoms with E-state index < -0.39 is 0 Å². The Balaban J connectivity index is 2.45. The lowest BCUT2D eigenvalue weighted by atomic mass is 10.0. The highest BCUT2D eigenvalue weighted by Gasteiger charge is 2.19. The highest BCUT2D eigenvalue weighted by Crippen LogP contribution is 2.30. The normalized spacial score (nSPS) is 12.7. The summed E-state index contributed by atoms with van der Waals surface area (Å²) < 4.78 is 2.75. The molecule has 2 aromatic rings. The zero-order valence-electron chi connectivity index (χ0n) is 10.2. The minimum absolute atomic E-state index is 0.0432. The van der Waals surface area contributed by atoms with Gasteiger partial charge in [0.15, 0.2) is 0 Å². The minimum Gasteiger partial charge on any atom is -0.305 e. The maximum absolute atomic E-state index is 5.97. The van der Waals surface area contributed by atoms with Gasteiger partial charge in [-0.2, -0.15) is 0 Å². The Morgan fingerprint density at radius 3 is 2.83 bits per heavy atom. The van der Waals surface area contributed by atoms with Crippen molar-refractivity contribution in [2.45, 2.75) is 13.0 Å². The van der Waals surface area contributed by atoms with Crippen LogP contribution in [0.15, 0.2) is 28.9 Å². The van der Waals surface area contributed by atoms with Crippen molar-refractivity contribution in [3.05, 3.63) is 45.1 Å². The number of nitrogens with one attached hydrogen (secondary N) is 1. The average Bonchev–Trinajstić information content (AvgIpc) is 2.73.